The van der Waals surface area contributed by atoms with Crippen LogP contribution in [0.15, 0.2) is 78.0 Å². The van der Waals surface area contributed by atoms with E-state index < -0.39 is 10.0 Å². The number of nitrogens with one attached hydrogen (secondary N) is 1. The van der Waals surface area contributed by atoms with Crippen LogP contribution in [0.5, 0.6) is 11.5 Å². The van der Waals surface area contributed by atoms with Crippen LogP contribution in [0, 0.1) is 0 Å². The Labute approximate surface area is 206 Å². The highest BCUT2D eigenvalue weighted by Crippen LogP contribution is 2.37. The Balaban J connectivity index is 1.40. The number of nitrogens with zero attached hydrogens (tertiary/aromatic N) is 3. The van der Waals surface area contributed by atoms with E-state index in [0.29, 0.717) is 33.7 Å². The Bertz CT molecular complexity index is 1490. The molecular formula is C24H20N4O5S2. The van der Waals surface area contributed by atoms with Crippen LogP contribution >= 0.6 is 11.8 Å². The first-order valence-corrected chi connectivity index (χ1v) is 13.4. The number of benzene rings is 3. The molecule has 0 saturated carbocycles. The van der Waals surface area contributed by atoms with E-state index in [-0.39, 0.29) is 18.3 Å². The number of thioether (sulfide) groups is 1. The molecule has 0 fully saturated rings. The molecule has 0 amide bonds. The number of rotatable bonds is 8. The molecule has 9 nitrogen and oxygen atoms in total. The third-order valence-electron chi connectivity index (χ3n) is 5.12. The molecule has 0 aliphatic carbocycles. The largest absolute Gasteiger partial charge is 0.454 e. The highest BCUT2D eigenvalue weighted by atomic mass is 32.2. The van der Waals surface area contributed by atoms with E-state index in [1.165, 1.54) is 11.8 Å². The van der Waals surface area contributed by atoms with Crippen LogP contribution in [0.3, 0.4) is 0 Å². The summed E-state index contributed by atoms with van der Waals surface area (Å²) >= 11 is 1.27. The molecule has 0 spiro atoms. The summed E-state index contributed by atoms with van der Waals surface area (Å²) in [6.45, 7) is 0.179. The molecule has 0 atom stereocenters. The van der Waals surface area contributed by atoms with Gasteiger partial charge in [0.05, 0.1) is 12.0 Å². The number of anilines is 1. The minimum Gasteiger partial charge on any atom is -0.454 e. The summed E-state index contributed by atoms with van der Waals surface area (Å²) in [6, 6.07) is 21.5. The third kappa shape index (κ3) is 5.15. The van der Waals surface area contributed by atoms with Gasteiger partial charge in [-0.15, -0.1) is 10.2 Å². The standard InChI is InChI=1S/C24H20N4O5S2/c1-35(30,31)27-18-10-7-16(8-11-18)20(29)14-34-24-26-25-23(28(24)19-5-3-2-4-6-19)17-9-12-21-22(13-17)33-15-32-21/h2-13,27H,14-15H2,1H3. The zero-order valence-electron chi connectivity index (χ0n) is 18.5. The summed E-state index contributed by atoms with van der Waals surface area (Å²) in [5.74, 6) is 1.94. The smallest absolute Gasteiger partial charge is 0.231 e. The van der Waals surface area contributed by atoms with Crippen molar-refractivity contribution in [2.45, 2.75) is 5.16 Å². The maximum Gasteiger partial charge on any atom is 0.231 e. The van der Waals surface area contributed by atoms with E-state index in [0.717, 1.165) is 17.5 Å². The van der Waals surface area contributed by atoms with Crippen molar-refractivity contribution in [1.29, 1.82) is 0 Å². The van der Waals surface area contributed by atoms with Crippen molar-refractivity contribution in [3.05, 3.63) is 78.4 Å². The molecule has 0 unspecified atom stereocenters. The van der Waals surface area contributed by atoms with Gasteiger partial charge in [-0.25, -0.2) is 8.42 Å². The lowest BCUT2D eigenvalue weighted by Gasteiger charge is -2.11. The second-order valence-electron chi connectivity index (χ2n) is 7.71. The number of sulfonamides is 1. The van der Waals surface area contributed by atoms with E-state index in [2.05, 4.69) is 14.9 Å². The number of ether oxygens (including phenoxy) is 2. The zero-order valence-corrected chi connectivity index (χ0v) is 20.2. The average Bonchev–Trinajstić information content (AvgIpc) is 3.49. The van der Waals surface area contributed by atoms with Gasteiger partial charge in [0.25, 0.3) is 0 Å². The predicted molar refractivity (Wildman–Crippen MR) is 133 cm³/mol. The Morgan fingerprint density at radius 1 is 1.00 bits per heavy atom. The van der Waals surface area contributed by atoms with E-state index in [1.807, 2.05) is 53.1 Å². The normalized spacial score (nSPS) is 12.5. The number of hydrogen-bond donors (Lipinski definition) is 1. The quantitative estimate of drug-likeness (QED) is 0.281. The number of aromatic nitrogens is 3. The van der Waals surface area contributed by atoms with Crippen LogP contribution in [0.25, 0.3) is 17.1 Å². The molecule has 35 heavy (non-hydrogen) atoms. The lowest BCUT2D eigenvalue weighted by molar-refractivity contribution is 0.102. The first kappa shape index (κ1) is 22.9. The SMILES string of the molecule is CS(=O)(=O)Nc1ccc(C(=O)CSc2nnc(-c3ccc4c(c3)OCO4)n2-c2ccccc2)cc1. The Morgan fingerprint density at radius 2 is 1.74 bits per heavy atom. The highest BCUT2D eigenvalue weighted by Gasteiger charge is 2.21. The number of carbonyl (C=O) groups excluding carboxylic acids is 1. The Kier molecular flexibility index (Phi) is 6.18. The zero-order chi connectivity index (χ0) is 24.4. The number of para-hydroxylation sites is 1. The maximum atomic E-state index is 12.8. The number of Topliss-reactive ketones (excluding diaryl/α,β-unsaturated/α-hetero) is 1. The fraction of sp³-hybridized carbons (Fsp3) is 0.125. The Morgan fingerprint density at radius 3 is 2.49 bits per heavy atom. The fourth-order valence-corrected chi connectivity index (χ4v) is 4.96. The third-order valence-corrected chi connectivity index (χ3v) is 6.66. The molecule has 0 radical (unpaired) electrons. The number of hydrogen-bond acceptors (Lipinski definition) is 8. The molecule has 1 aliphatic heterocycles. The van der Waals surface area contributed by atoms with Crippen molar-refractivity contribution in [2.24, 2.45) is 0 Å². The molecule has 0 bridgehead atoms. The van der Waals surface area contributed by atoms with Gasteiger partial charge in [0, 0.05) is 22.5 Å². The van der Waals surface area contributed by atoms with Gasteiger partial charge in [-0.1, -0.05) is 30.0 Å². The van der Waals surface area contributed by atoms with Crippen molar-refractivity contribution in [3.63, 3.8) is 0 Å². The minimum absolute atomic E-state index is 0.117. The number of ketones is 1. The molecule has 0 saturated heterocycles. The summed E-state index contributed by atoms with van der Waals surface area (Å²) in [7, 11) is -3.38. The van der Waals surface area contributed by atoms with Gasteiger partial charge in [-0.3, -0.25) is 14.1 Å². The number of fused-ring (bicyclic) bond motifs is 1. The van der Waals surface area contributed by atoms with Crippen LogP contribution in [0.4, 0.5) is 5.69 Å². The Hall–Kier alpha value is -3.83. The summed E-state index contributed by atoms with van der Waals surface area (Å²) in [5.41, 5.74) is 2.53. The fourth-order valence-electron chi connectivity index (χ4n) is 3.55. The van der Waals surface area contributed by atoms with Gasteiger partial charge < -0.3 is 9.47 Å². The van der Waals surface area contributed by atoms with Crippen molar-refractivity contribution in [2.75, 3.05) is 23.5 Å². The van der Waals surface area contributed by atoms with Crippen molar-refractivity contribution >= 4 is 33.3 Å². The van der Waals surface area contributed by atoms with E-state index in [9.17, 15) is 13.2 Å². The summed E-state index contributed by atoms with van der Waals surface area (Å²) in [6.07, 6.45) is 1.07. The molecule has 3 aromatic carbocycles. The van der Waals surface area contributed by atoms with E-state index in [1.54, 1.807) is 24.3 Å². The first-order chi connectivity index (χ1) is 16.9. The summed E-state index contributed by atoms with van der Waals surface area (Å²) in [5, 5.41) is 9.32. The molecule has 1 aliphatic rings. The average molecular weight is 509 g/mol. The van der Waals surface area contributed by atoms with Crippen LogP contribution < -0.4 is 14.2 Å². The predicted octanol–water partition coefficient (Wildman–Crippen LogP) is 4.01. The van der Waals surface area contributed by atoms with Crippen LogP contribution in [-0.2, 0) is 10.0 Å². The van der Waals surface area contributed by atoms with Crippen LogP contribution in [0.1, 0.15) is 10.4 Å². The van der Waals surface area contributed by atoms with Crippen molar-refractivity contribution in [1.82, 2.24) is 14.8 Å². The topological polar surface area (TPSA) is 112 Å². The van der Waals surface area contributed by atoms with E-state index in [4.69, 9.17) is 9.47 Å². The molecule has 2 heterocycles. The molecule has 178 valence electrons. The van der Waals surface area contributed by atoms with Gasteiger partial charge >= 0.3 is 0 Å². The lowest BCUT2D eigenvalue weighted by atomic mass is 10.1. The number of carbonyl (C=O) groups is 1. The van der Waals surface area contributed by atoms with Gasteiger partial charge in [-0.05, 0) is 54.6 Å². The highest BCUT2D eigenvalue weighted by molar-refractivity contribution is 7.99. The molecule has 11 heteroatoms. The first-order valence-electron chi connectivity index (χ1n) is 10.5. The molecule has 5 rings (SSSR count). The lowest BCUT2D eigenvalue weighted by Crippen LogP contribution is -2.10. The van der Waals surface area contributed by atoms with Gasteiger partial charge in [-0.2, -0.15) is 0 Å². The van der Waals surface area contributed by atoms with Crippen LogP contribution in [-0.4, -0.2) is 47.8 Å². The molecule has 1 aromatic heterocycles. The van der Waals surface area contributed by atoms with Crippen molar-refractivity contribution in [3.8, 4) is 28.6 Å². The second-order valence-corrected chi connectivity index (χ2v) is 10.4. The molecular weight excluding hydrogens is 488 g/mol. The van der Waals surface area contributed by atoms with Crippen molar-refractivity contribution < 1.29 is 22.7 Å². The summed E-state index contributed by atoms with van der Waals surface area (Å²) in [4.78, 5) is 12.8. The van der Waals surface area contributed by atoms with Gasteiger partial charge in [0.15, 0.2) is 28.3 Å². The monoisotopic (exact) mass is 508 g/mol. The van der Waals surface area contributed by atoms with Gasteiger partial charge in [0.1, 0.15) is 0 Å². The van der Waals surface area contributed by atoms with Gasteiger partial charge in [0.2, 0.25) is 16.8 Å². The summed E-state index contributed by atoms with van der Waals surface area (Å²) < 4.78 is 38.0. The van der Waals surface area contributed by atoms with Crippen LogP contribution in [0.2, 0.25) is 0 Å². The minimum atomic E-state index is -3.38. The van der Waals surface area contributed by atoms with E-state index >= 15 is 0 Å². The maximum absolute atomic E-state index is 12.8. The molecule has 1 N–H and O–H groups in total. The second kappa shape index (κ2) is 9.43. The molecule has 4 aromatic rings.